The Hall–Kier alpha value is -2.95. The summed E-state index contributed by atoms with van der Waals surface area (Å²) in [5.74, 6) is 0.355. The summed E-state index contributed by atoms with van der Waals surface area (Å²) in [4.78, 5) is 58.2. The van der Waals surface area contributed by atoms with Gasteiger partial charge in [-0.3, -0.25) is 14.4 Å². The molecule has 0 spiro atoms. The maximum absolute atomic E-state index is 14.8. The standard InChI is InChI=1S/C42H61N3O5/c1-36(2,3)50-35(49)45-21-19-44(20-22-45)32(47)12-14-42-17-15-37(4,5)25-28(42)33-29(46)23-31-39(8)24-27(26-43)34(48)38(6,7)30(39)11-13-40(31,9)41(33,10)16-18-42/h23-24,28,30,33H,11-22,25H2,1-10H3/t28?,30-,33?,39-,40+,41+,42+/m0/s1. The maximum atomic E-state index is 14.8. The van der Waals surface area contributed by atoms with E-state index in [2.05, 4.69) is 40.7 Å². The van der Waals surface area contributed by atoms with Gasteiger partial charge in [0.2, 0.25) is 5.91 Å². The summed E-state index contributed by atoms with van der Waals surface area (Å²) in [6.45, 7) is 23.2. The van der Waals surface area contributed by atoms with Gasteiger partial charge in [-0.2, -0.15) is 5.26 Å². The molecule has 0 aromatic rings. The Balaban J connectivity index is 1.27. The normalized spacial score (nSPS) is 39.1. The molecule has 0 bridgehead atoms. The van der Waals surface area contributed by atoms with Crippen LogP contribution in [0.5, 0.6) is 0 Å². The van der Waals surface area contributed by atoms with Gasteiger partial charge in [0, 0.05) is 49.3 Å². The van der Waals surface area contributed by atoms with Gasteiger partial charge in [0.05, 0.1) is 5.57 Å². The average molecular weight is 688 g/mol. The molecule has 6 rings (SSSR count). The number of nitriles is 1. The molecule has 8 heteroatoms. The van der Waals surface area contributed by atoms with Crippen LogP contribution in [0.1, 0.15) is 127 Å². The van der Waals surface area contributed by atoms with Gasteiger partial charge < -0.3 is 14.5 Å². The number of ether oxygens (including phenoxy) is 1. The lowest BCUT2D eigenvalue weighted by Gasteiger charge is -2.69. The van der Waals surface area contributed by atoms with Crippen LogP contribution in [0.25, 0.3) is 0 Å². The van der Waals surface area contributed by atoms with E-state index in [0.29, 0.717) is 32.6 Å². The number of carbonyl (C=O) groups excluding carboxylic acids is 4. The number of piperazine rings is 1. The molecule has 6 aliphatic rings. The van der Waals surface area contributed by atoms with Crippen LogP contribution in [-0.4, -0.2) is 65.1 Å². The number of nitrogens with zero attached hydrogens (tertiary/aromatic N) is 3. The Morgan fingerprint density at radius 1 is 0.920 bits per heavy atom. The second-order valence-electron chi connectivity index (χ2n) is 20.0. The Morgan fingerprint density at radius 3 is 2.16 bits per heavy atom. The minimum atomic E-state index is -0.679. The molecular formula is C42H61N3O5. The number of carbonyl (C=O) groups is 4. The lowest BCUT2D eigenvalue weighted by molar-refractivity contribution is -0.173. The molecule has 50 heavy (non-hydrogen) atoms. The van der Waals surface area contributed by atoms with Crippen molar-refractivity contribution < 1.29 is 23.9 Å². The summed E-state index contributed by atoms with van der Waals surface area (Å²) in [6, 6.07) is 2.21. The molecule has 1 heterocycles. The molecule has 1 aliphatic heterocycles. The van der Waals surface area contributed by atoms with E-state index in [0.717, 1.165) is 56.9 Å². The SMILES string of the molecule is CC1(C)CC[C@]2(CCC(=O)N3CCN(C(=O)OC(C)(C)C)CC3)CC[C@]3(C)C(C(=O)C=C4[C@@]5(C)C=C(C#N)C(=O)C(C)(C)[C@@H]5CC[C@]43C)C2C1. The van der Waals surface area contributed by atoms with Crippen LogP contribution in [0, 0.1) is 61.6 Å². The average Bonchev–Trinajstić information content (AvgIpc) is 3.02. The van der Waals surface area contributed by atoms with E-state index in [9.17, 15) is 24.4 Å². The predicted octanol–water partition coefficient (Wildman–Crippen LogP) is 8.07. The third-order valence-electron chi connectivity index (χ3n) is 15.2. The minimum Gasteiger partial charge on any atom is -0.444 e. The Kier molecular flexibility index (Phi) is 8.68. The summed E-state index contributed by atoms with van der Waals surface area (Å²) in [6.07, 6.45) is 11.6. The largest absolute Gasteiger partial charge is 0.444 e. The molecule has 0 aromatic heterocycles. The molecule has 2 amide bonds. The van der Waals surface area contributed by atoms with Crippen LogP contribution < -0.4 is 0 Å². The highest BCUT2D eigenvalue weighted by atomic mass is 16.6. The number of hydrogen-bond acceptors (Lipinski definition) is 6. The fourth-order valence-electron chi connectivity index (χ4n) is 12.2. The first-order valence-electron chi connectivity index (χ1n) is 19.2. The fraction of sp³-hybridized carbons (Fsp3) is 0.786. The van der Waals surface area contributed by atoms with Crippen LogP contribution in [0.15, 0.2) is 23.3 Å². The van der Waals surface area contributed by atoms with Gasteiger partial charge in [0.1, 0.15) is 11.7 Å². The zero-order valence-corrected chi connectivity index (χ0v) is 32.5. The molecule has 5 aliphatic carbocycles. The van der Waals surface area contributed by atoms with Gasteiger partial charge in [-0.05, 0) is 112 Å². The van der Waals surface area contributed by atoms with E-state index in [4.69, 9.17) is 4.74 Å². The summed E-state index contributed by atoms with van der Waals surface area (Å²) in [5.41, 5.74) is -0.893. The van der Waals surface area contributed by atoms with Crippen LogP contribution >= 0.6 is 0 Å². The van der Waals surface area contributed by atoms with Gasteiger partial charge in [-0.15, -0.1) is 0 Å². The second kappa shape index (κ2) is 11.8. The zero-order chi connectivity index (χ0) is 36.9. The van der Waals surface area contributed by atoms with Crippen molar-refractivity contribution >= 4 is 23.6 Å². The highest BCUT2D eigenvalue weighted by molar-refractivity contribution is 6.04. The van der Waals surface area contributed by atoms with E-state index < -0.39 is 16.4 Å². The molecule has 2 unspecified atom stereocenters. The molecule has 0 aromatic carbocycles. The van der Waals surface area contributed by atoms with Gasteiger partial charge in [0.25, 0.3) is 0 Å². The smallest absolute Gasteiger partial charge is 0.410 e. The molecule has 3 saturated carbocycles. The molecule has 274 valence electrons. The van der Waals surface area contributed by atoms with Crippen molar-refractivity contribution in [3.05, 3.63) is 23.3 Å². The van der Waals surface area contributed by atoms with Crippen molar-refractivity contribution in [2.45, 2.75) is 133 Å². The number of Topliss-reactive ketones (excluding diaryl/α,β-unsaturated/α-hetero) is 1. The van der Waals surface area contributed by atoms with Crippen LogP contribution in [-0.2, 0) is 19.1 Å². The quantitative estimate of drug-likeness (QED) is 0.297. The summed E-state index contributed by atoms with van der Waals surface area (Å²) >= 11 is 0. The molecule has 8 nitrogen and oxygen atoms in total. The van der Waals surface area contributed by atoms with Gasteiger partial charge in [-0.1, -0.05) is 60.1 Å². The third kappa shape index (κ3) is 5.59. The van der Waals surface area contributed by atoms with E-state index in [1.807, 2.05) is 51.7 Å². The molecule has 4 fully saturated rings. The zero-order valence-electron chi connectivity index (χ0n) is 32.5. The van der Waals surface area contributed by atoms with Crippen molar-refractivity contribution in [3.8, 4) is 6.07 Å². The summed E-state index contributed by atoms with van der Waals surface area (Å²) in [7, 11) is 0. The number of hydrogen-bond donors (Lipinski definition) is 0. The van der Waals surface area contributed by atoms with E-state index in [1.54, 1.807) is 4.90 Å². The van der Waals surface area contributed by atoms with Gasteiger partial charge in [-0.25, -0.2) is 4.79 Å². The van der Waals surface area contributed by atoms with E-state index in [1.165, 1.54) is 0 Å². The molecular weight excluding hydrogens is 626 g/mol. The fourth-order valence-corrected chi connectivity index (χ4v) is 12.2. The highest BCUT2D eigenvalue weighted by Gasteiger charge is 2.69. The highest BCUT2D eigenvalue weighted by Crippen LogP contribution is 2.75. The number of amides is 2. The minimum absolute atomic E-state index is 0.0279. The van der Waals surface area contributed by atoms with Gasteiger partial charge in [0.15, 0.2) is 11.6 Å². The van der Waals surface area contributed by atoms with E-state index in [-0.39, 0.29) is 68.6 Å². The topological polar surface area (TPSA) is 108 Å². The number of allylic oxidation sites excluding steroid dienone is 4. The molecule has 1 saturated heterocycles. The maximum Gasteiger partial charge on any atom is 0.410 e. The van der Waals surface area contributed by atoms with Crippen molar-refractivity contribution in [3.63, 3.8) is 0 Å². The monoisotopic (exact) mass is 687 g/mol. The lowest BCUT2D eigenvalue weighted by Crippen LogP contribution is -2.64. The molecule has 0 N–H and O–H groups in total. The Labute approximate surface area is 300 Å². The van der Waals surface area contributed by atoms with Crippen molar-refractivity contribution in [2.24, 2.45) is 50.2 Å². The summed E-state index contributed by atoms with van der Waals surface area (Å²) < 4.78 is 5.55. The van der Waals surface area contributed by atoms with Crippen molar-refractivity contribution in [2.75, 3.05) is 26.2 Å². The lowest BCUT2D eigenvalue weighted by atomic mass is 9.34. The summed E-state index contributed by atoms with van der Waals surface area (Å²) in [5, 5.41) is 10.0. The second-order valence-corrected chi connectivity index (χ2v) is 20.0. The number of fused-ring (bicyclic) bond motifs is 7. The first kappa shape index (κ1) is 36.8. The Morgan fingerprint density at radius 2 is 1.54 bits per heavy atom. The molecule has 0 radical (unpaired) electrons. The van der Waals surface area contributed by atoms with Crippen molar-refractivity contribution in [1.82, 2.24) is 9.80 Å². The first-order valence-corrected chi connectivity index (χ1v) is 19.2. The number of ketones is 2. The first-order chi connectivity index (χ1) is 23.0. The number of rotatable bonds is 3. The molecule has 7 atom stereocenters. The van der Waals surface area contributed by atoms with Gasteiger partial charge >= 0.3 is 6.09 Å². The van der Waals surface area contributed by atoms with E-state index >= 15 is 0 Å². The third-order valence-corrected chi connectivity index (χ3v) is 15.2. The van der Waals surface area contributed by atoms with Crippen LogP contribution in [0.3, 0.4) is 0 Å². The van der Waals surface area contributed by atoms with Crippen LogP contribution in [0.2, 0.25) is 0 Å². The predicted molar refractivity (Wildman–Crippen MR) is 193 cm³/mol. The van der Waals surface area contributed by atoms with Crippen LogP contribution in [0.4, 0.5) is 4.79 Å². The Bertz CT molecular complexity index is 1580. The van der Waals surface area contributed by atoms with Crippen molar-refractivity contribution in [1.29, 1.82) is 5.26 Å².